The average molecular weight is 342 g/mol. The summed E-state index contributed by atoms with van der Waals surface area (Å²) in [4.78, 5) is 7.76. The first-order valence-corrected chi connectivity index (χ1v) is 8.67. The Bertz CT molecular complexity index is 899. The fourth-order valence-corrected chi connectivity index (χ4v) is 2.86. The molecule has 3 rings (SSSR count). The van der Waals surface area contributed by atoms with Gasteiger partial charge in [-0.25, -0.2) is 18.6 Å². The smallest absolute Gasteiger partial charge is 0.219 e. The highest BCUT2D eigenvalue weighted by molar-refractivity contribution is 7.85. The molecule has 0 aliphatic rings. The van der Waals surface area contributed by atoms with Crippen molar-refractivity contribution >= 4 is 22.6 Å². The van der Waals surface area contributed by atoms with E-state index in [4.69, 9.17) is 5.73 Å². The van der Waals surface area contributed by atoms with Gasteiger partial charge in [-0.1, -0.05) is 30.3 Å². The molecule has 0 aliphatic carbocycles. The predicted molar refractivity (Wildman–Crippen MR) is 95.0 cm³/mol. The van der Waals surface area contributed by atoms with Gasteiger partial charge >= 0.3 is 0 Å². The zero-order valence-electron chi connectivity index (χ0n) is 12.9. The lowest BCUT2D eigenvalue weighted by Crippen LogP contribution is -2.02. The van der Waals surface area contributed by atoms with E-state index in [0.29, 0.717) is 22.4 Å². The van der Waals surface area contributed by atoms with Gasteiger partial charge in [-0.3, -0.25) is 0 Å². The van der Waals surface area contributed by atoms with E-state index in [1.165, 1.54) is 18.5 Å². The second-order valence-corrected chi connectivity index (χ2v) is 6.24. The molecule has 0 spiro atoms. The van der Waals surface area contributed by atoms with Crippen LogP contribution in [0.5, 0.6) is 0 Å². The topological polar surface area (TPSA) is 80.9 Å². The monoisotopic (exact) mass is 342 g/mol. The van der Waals surface area contributed by atoms with E-state index < -0.39 is 16.8 Å². The van der Waals surface area contributed by atoms with Crippen LogP contribution < -0.4 is 10.5 Å². The summed E-state index contributed by atoms with van der Waals surface area (Å²) in [7, 11) is -1.21. The predicted octanol–water partition coefficient (Wildman–Crippen LogP) is 3.24. The van der Waals surface area contributed by atoms with Gasteiger partial charge < -0.3 is 10.5 Å². The van der Waals surface area contributed by atoms with Crippen molar-refractivity contribution in [2.45, 2.75) is 0 Å². The van der Waals surface area contributed by atoms with Crippen LogP contribution in [0.15, 0.2) is 54.9 Å². The van der Waals surface area contributed by atoms with E-state index in [1.807, 2.05) is 18.2 Å². The summed E-state index contributed by atoms with van der Waals surface area (Å²) >= 11 is 0. The summed E-state index contributed by atoms with van der Waals surface area (Å²) < 4.78 is 28.8. The summed E-state index contributed by atoms with van der Waals surface area (Å²) in [5.41, 5.74) is 8.53. The highest BCUT2D eigenvalue weighted by Crippen LogP contribution is 2.31. The fourth-order valence-electron chi connectivity index (χ4n) is 2.37. The number of aromatic nitrogens is 2. The molecule has 0 amide bonds. The first-order valence-electron chi connectivity index (χ1n) is 7.11. The largest absolute Gasteiger partial charge is 0.368 e. The van der Waals surface area contributed by atoms with Gasteiger partial charge in [-0.05, 0) is 17.7 Å². The maximum absolute atomic E-state index is 14.5. The Labute approximate surface area is 141 Å². The lowest BCUT2D eigenvalue weighted by Gasteiger charge is -2.11. The summed E-state index contributed by atoms with van der Waals surface area (Å²) in [6.07, 6.45) is 4.51. The number of rotatable bonds is 4. The highest BCUT2D eigenvalue weighted by atomic mass is 32.2. The van der Waals surface area contributed by atoms with Gasteiger partial charge in [0.05, 0.1) is 5.69 Å². The quantitative estimate of drug-likeness (QED) is 0.763. The minimum atomic E-state index is -1.21. The van der Waals surface area contributed by atoms with Crippen LogP contribution in [0, 0.1) is 5.82 Å². The van der Waals surface area contributed by atoms with Crippen LogP contribution in [0.3, 0.4) is 0 Å². The van der Waals surface area contributed by atoms with Gasteiger partial charge in [-0.15, -0.1) is 0 Å². The van der Waals surface area contributed by atoms with Crippen LogP contribution in [0.2, 0.25) is 0 Å². The third-order valence-electron chi connectivity index (χ3n) is 3.44. The molecule has 3 aromatic rings. The molecular formula is C17H15FN4OS. The number of benzene rings is 2. The van der Waals surface area contributed by atoms with Crippen molar-refractivity contribution in [1.29, 1.82) is 0 Å². The summed E-state index contributed by atoms with van der Waals surface area (Å²) in [6, 6.07) is 12.2. The Kier molecular flexibility index (Phi) is 4.52. The first-order chi connectivity index (χ1) is 11.5. The first kappa shape index (κ1) is 16.1. The minimum Gasteiger partial charge on any atom is -0.368 e. The molecular weight excluding hydrogens is 327 g/mol. The molecule has 3 N–H and O–H groups in total. The molecule has 7 heteroatoms. The molecule has 5 nitrogen and oxygen atoms in total. The van der Waals surface area contributed by atoms with Crippen LogP contribution in [0.4, 0.5) is 16.0 Å². The van der Waals surface area contributed by atoms with E-state index in [1.54, 1.807) is 24.5 Å². The number of nitrogen functional groups attached to an aromatic ring is 1. The SMILES string of the molecule is CS(=O)Nc1ccccc1-c1ccc(-c2cnc(N)nc2)c(F)c1. The molecule has 0 saturated heterocycles. The molecule has 1 unspecified atom stereocenters. The average Bonchev–Trinajstić information content (AvgIpc) is 2.56. The Hall–Kier alpha value is -2.80. The van der Waals surface area contributed by atoms with Crippen molar-refractivity contribution in [3.63, 3.8) is 0 Å². The Morgan fingerprint density at radius 3 is 2.42 bits per heavy atom. The maximum Gasteiger partial charge on any atom is 0.219 e. The number of para-hydroxylation sites is 1. The molecule has 0 radical (unpaired) electrons. The van der Waals surface area contributed by atoms with Crippen LogP contribution in [0.25, 0.3) is 22.3 Å². The van der Waals surface area contributed by atoms with Crippen molar-refractivity contribution < 1.29 is 8.60 Å². The number of hydrogen-bond donors (Lipinski definition) is 2. The Morgan fingerprint density at radius 2 is 1.75 bits per heavy atom. The van der Waals surface area contributed by atoms with E-state index in [2.05, 4.69) is 14.7 Å². The number of nitrogens with zero attached hydrogens (tertiary/aromatic N) is 2. The molecule has 122 valence electrons. The molecule has 0 aliphatic heterocycles. The van der Waals surface area contributed by atoms with Gasteiger partial charge in [0.25, 0.3) is 0 Å². The second-order valence-electron chi connectivity index (χ2n) is 5.13. The fraction of sp³-hybridized carbons (Fsp3) is 0.0588. The van der Waals surface area contributed by atoms with E-state index in [9.17, 15) is 8.60 Å². The second kappa shape index (κ2) is 6.76. The Balaban J connectivity index is 2.02. The normalized spacial score (nSPS) is 11.9. The third kappa shape index (κ3) is 3.41. The van der Waals surface area contributed by atoms with E-state index >= 15 is 0 Å². The van der Waals surface area contributed by atoms with Crippen molar-refractivity contribution in [1.82, 2.24) is 9.97 Å². The van der Waals surface area contributed by atoms with Crippen LogP contribution >= 0.6 is 0 Å². The molecule has 0 bridgehead atoms. The highest BCUT2D eigenvalue weighted by Gasteiger charge is 2.11. The van der Waals surface area contributed by atoms with Gasteiger partial charge in [0.15, 0.2) is 0 Å². The minimum absolute atomic E-state index is 0.142. The molecule has 1 aromatic heterocycles. The van der Waals surface area contributed by atoms with Gasteiger partial charge in [0.2, 0.25) is 5.95 Å². The van der Waals surface area contributed by atoms with Gasteiger partial charge in [0.1, 0.15) is 16.8 Å². The lowest BCUT2D eigenvalue weighted by molar-refractivity contribution is 0.631. The number of nitrogens with one attached hydrogen (secondary N) is 1. The summed E-state index contributed by atoms with van der Waals surface area (Å²) in [5, 5.41) is 0. The molecule has 0 saturated carbocycles. The molecule has 2 aromatic carbocycles. The third-order valence-corrected chi connectivity index (χ3v) is 3.95. The van der Waals surface area contributed by atoms with Crippen molar-refractivity contribution in [3.05, 3.63) is 60.7 Å². The Morgan fingerprint density at radius 1 is 1.04 bits per heavy atom. The van der Waals surface area contributed by atoms with E-state index in [0.717, 1.165) is 5.56 Å². The summed E-state index contributed by atoms with van der Waals surface area (Å²) in [6.45, 7) is 0. The zero-order valence-corrected chi connectivity index (χ0v) is 13.7. The number of halogens is 1. The number of anilines is 2. The molecule has 24 heavy (non-hydrogen) atoms. The lowest BCUT2D eigenvalue weighted by atomic mass is 10.00. The molecule has 1 heterocycles. The van der Waals surface area contributed by atoms with Crippen LogP contribution in [-0.2, 0) is 11.0 Å². The zero-order chi connectivity index (χ0) is 17.1. The van der Waals surface area contributed by atoms with Gasteiger partial charge in [0, 0.05) is 35.3 Å². The van der Waals surface area contributed by atoms with E-state index in [-0.39, 0.29) is 5.95 Å². The van der Waals surface area contributed by atoms with Gasteiger partial charge in [-0.2, -0.15) is 0 Å². The van der Waals surface area contributed by atoms with Crippen molar-refractivity contribution in [3.8, 4) is 22.3 Å². The summed E-state index contributed by atoms with van der Waals surface area (Å²) in [5.74, 6) is -0.253. The van der Waals surface area contributed by atoms with Crippen LogP contribution in [-0.4, -0.2) is 20.4 Å². The number of hydrogen-bond acceptors (Lipinski definition) is 4. The number of nitrogens with two attached hydrogens (primary N) is 1. The standard InChI is InChI=1S/C17H15FN4OS/c1-24(23)22-16-5-3-2-4-14(16)11-6-7-13(15(18)8-11)12-9-20-17(19)21-10-12/h2-10,22H,1H3,(H2,19,20,21). The van der Waals surface area contributed by atoms with Crippen molar-refractivity contribution in [2.24, 2.45) is 0 Å². The molecule has 0 fully saturated rings. The van der Waals surface area contributed by atoms with Crippen LogP contribution in [0.1, 0.15) is 0 Å². The maximum atomic E-state index is 14.5. The molecule has 1 atom stereocenters. The van der Waals surface area contributed by atoms with Crippen molar-refractivity contribution in [2.75, 3.05) is 16.7 Å².